The van der Waals surface area contributed by atoms with E-state index < -0.39 is 0 Å². The van der Waals surface area contributed by atoms with E-state index in [9.17, 15) is 0 Å². The Labute approximate surface area is 176 Å². The summed E-state index contributed by atoms with van der Waals surface area (Å²) < 4.78 is 11.4. The lowest BCUT2D eigenvalue weighted by atomic mass is 9.98. The zero-order chi connectivity index (χ0) is 17.7. The van der Waals surface area contributed by atoms with Crippen molar-refractivity contribution in [3.8, 4) is 0 Å². The summed E-state index contributed by atoms with van der Waals surface area (Å²) in [6.45, 7) is 9.94. The molecule has 1 saturated carbocycles. The molecule has 0 bridgehead atoms. The monoisotopic (exact) mass is 482 g/mol. The molecule has 1 aliphatic carbocycles. The number of guanidine groups is 1. The van der Waals surface area contributed by atoms with Crippen molar-refractivity contribution in [3.63, 3.8) is 0 Å². The smallest absolute Gasteiger partial charge is 0.190 e. The summed E-state index contributed by atoms with van der Waals surface area (Å²) >= 11 is 0. The summed E-state index contributed by atoms with van der Waals surface area (Å²) in [6.07, 6.45) is 8.08. The Bertz CT molecular complexity index is 373. The molecular formula is C19H39IN4O2. The Kier molecular flexibility index (Phi) is 13.7. The van der Waals surface area contributed by atoms with Crippen LogP contribution < -0.4 is 10.6 Å². The van der Waals surface area contributed by atoms with Crippen molar-refractivity contribution in [1.82, 2.24) is 15.5 Å². The summed E-state index contributed by atoms with van der Waals surface area (Å²) in [5.41, 5.74) is 0. The molecule has 1 saturated heterocycles. The van der Waals surface area contributed by atoms with Crippen LogP contribution in [-0.2, 0) is 9.47 Å². The molecule has 0 amide bonds. The van der Waals surface area contributed by atoms with E-state index >= 15 is 0 Å². The quantitative estimate of drug-likeness (QED) is 0.229. The normalized spacial score (nSPS) is 21.1. The average molecular weight is 482 g/mol. The van der Waals surface area contributed by atoms with Gasteiger partial charge in [0, 0.05) is 46.4 Å². The van der Waals surface area contributed by atoms with Gasteiger partial charge in [-0.2, -0.15) is 0 Å². The molecule has 2 N–H and O–H groups in total. The molecule has 1 aliphatic heterocycles. The van der Waals surface area contributed by atoms with E-state index in [-0.39, 0.29) is 24.0 Å². The molecule has 2 rings (SSSR count). The molecule has 1 atom stereocenters. The maximum absolute atomic E-state index is 5.97. The molecule has 0 aromatic heterocycles. The summed E-state index contributed by atoms with van der Waals surface area (Å²) in [6, 6.07) is 0. The van der Waals surface area contributed by atoms with Crippen LogP contribution in [0, 0.1) is 5.92 Å². The van der Waals surface area contributed by atoms with Gasteiger partial charge >= 0.3 is 0 Å². The van der Waals surface area contributed by atoms with E-state index in [0.717, 1.165) is 64.9 Å². The molecule has 2 fully saturated rings. The number of ether oxygens (including phenoxy) is 2. The van der Waals surface area contributed by atoms with E-state index in [1.54, 1.807) is 0 Å². The Morgan fingerprint density at radius 1 is 1.19 bits per heavy atom. The number of nitrogens with zero attached hydrogens (tertiary/aromatic N) is 2. The van der Waals surface area contributed by atoms with Gasteiger partial charge in [-0.1, -0.05) is 26.2 Å². The molecule has 154 valence electrons. The summed E-state index contributed by atoms with van der Waals surface area (Å²) in [7, 11) is 1.83. The summed E-state index contributed by atoms with van der Waals surface area (Å²) in [5.74, 6) is 1.48. The van der Waals surface area contributed by atoms with Gasteiger partial charge in [0.1, 0.15) is 0 Å². The maximum atomic E-state index is 5.97. The lowest BCUT2D eigenvalue weighted by Gasteiger charge is -2.29. The van der Waals surface area contributed by atoms with Crippen LogP contribution in [0.1, 0.15) is 45.4 Å². The Hall–Kier alpha value is -0.120. The van der Waals surface area contributed by atoms with E-state index in [1.165, 1.54) is 32.1 Å². The van der Waals surface area contributed by atoms with Crippen molar-refractivity contribution in [3.05, 3.63) is 0 Å². The molecule has 6 nitrogen and oxygen atoms in total. The number of rotatable bonds is 9. The van der Waals surface area contributed by atoms with Gasteiger partial charge < -0.3 is 20.1 Å². The second-order valence-corrected chi connectivity index (χ2v) is 7.38. The average Bonchev–Trinajstić information content (AvgIpc) is 2.65. The minimum atomic E-state index is 0. The van der Waals surface area contributed by atoms with Gasteiger partial charge in [0.2, 0.25) is 0 Å². The van der Waals surface area contributed by atoms with Gasteiger partial charge in [0.05, 0.1) is 19.3 Å². The maximum Gasteiger partial charge on any atom is 0.190 e. The van der Waals surface area contributed by atoms with Crippen molar-refractivity contribution >= 4 is 29.9 Å². The highest BCUT2D eigenvalue weighted by Crippen LogP contribution is 2.20. The van der Waals surface area contributed by atoms with Gasteiger partial charge in [-0.3, -0.25) is 9.89 Å². The van der Waals surface area contributed by atoms with Crippen LogP contribution in [0.25, 0.3) is 0 Å². The second kappa shape index (κ2) is 14.9. The lowest BCUT2D eigenvalue weighted by Crippen LogP contribution is -2.44. The van der Waals surface area contributed by atoms with E-state index in [1.807, 2.05) is 7.05 Å². The molecule has 0 spiro atoms. The zero-order valence-corrected chi connectivity index (χ0v) is 19.0. The molecule has 0 radical (unpaired) electrons. The van der Waals surface area contributed by atoms with Crippen LogP contribution in [-0.4, -0.2) is 76.6 Å². The fraction of sp³-hybridized carbons (Fsp3) is 0.947. The first-order valence-corrected chi connectivity index (χ1v) is 10.1. The molecule has 0 aromatic carbocycles. The van der Waals surface area contributed by atoms with E-state index in [0.29, 0.717) is 12.0 Å². The second-order valence-electron chi connectivity index (χ2n) is 7.38. The standard InChI is InChI=1S/C19H38N4O2.HI/c1-17(16-23-10-13-24-14-11-23)15-22-19(20-2)21-9-6-12-25-18-7-4-3-5-8-18;/h17-18H,3-16H2,1-2H3,(H2,20,21,22);1H. The van der Waals surface area contributed by atoms with Crippen LogP contribution in [0.15, 0.2) is 4.99 Å². The largest absolute Gasteiger partial charge is 0.379 e. The lowest BCUT2D eigenvalue weighted by molar-refractivity contribution is 0.0276. The molecule has 1 unspecified atom stereocenters. The van der Waals surface area contributed by atoms with Gasteiger partial charge in [-0.15, -0.1) is 24.0 Å². The third-order valence-corrected chi connectivity index (χ3v) is 5.03. The summed E-state index contributed by atoms with van der Waals surface area (Å²) in [4.78, 5) is 6.80. The third kappa shape index (κ3) is 10.3. The van der Waals surface area contributed by atoms with E-state index in [2.05, 4.69) is 27.4 Å². The first-order valence-electron chi connectivity index (χ1n) is 10.1. The van der Waals surface area contributed by atoms with Crippen LogP contribution in [0.3, 0.4) is 0 Å². The van der Waals surface area contributed by atoms with Crippen molar-refractivity contribution in [1.29, 1.82) is 0 Å². The highest BCUT2D eigenvalue weighted by Gasteiger charge is 2.14. The number of aliphatic imine (C=N–C) groups is 1. The van der Waals surface area contributed by atoms with Crippen LogP contribution in [0.5, 0.6) is 0 Å². The Balaban J connectivity index is 0.00000338. The van der Waals surface area contributed by atoms with Crippen molar-refractivity contribution < 1.29 is 9.47 Å². The van der Waals surface area contributed by atoms with Gasteiger partial charge in [-0.05, 0) is 25.2 Å². The minimum Gasteiger partial charge on any atom is -0.379 e. The predicted molar refractivity (Wildman–Crippen MR) is 119 cm³/mol. The number of halogens is 1. The zero-order valence-electron chi connectivity index (χ0n) is 16.7. The minimum absolute atomic E-state index is 0. The van der Waals surface area contributed by atoms with Crippen molar-refractivity contribution in [2.24, 2.45) is 10.9 Å². The Morgan fingerprint density at radius 2 is 1.92 bits per heavy atom. The van der Waals surface area contributed by atoms with Crippen LogP contribution in [0.2, 0.25) is 0 Å². The SMILES string of the molecule is CN=C(NCCCOC1CCCCC1)NCC(C)CN1CCOCC1.I. The number of nitrogens with one attached hydrogen (secondary N) is 2. The number of morpholine rings is 1. The highest BCUT2D eigenvalue weighted by atomic mass is 127. The molecular weight excluding hydrogens is 443 g/mol. The predicted octanol–water partition coefficient (Wildman–Crippen LogP) is 2.48. The van der Waals surface area contributed by atoms with Gasteiger partial charge in [0.15, 0.2) is 5.96 Å². The topological polar surface area (TPSA) is 58.1 Å². The Morgan fingerprint density at radius 3 is 2.62 bits per heavy atom. The van der Waals surface area contributed by atoms with Crippen LogP contribution in [0.4, 0.5) is 0 Å². The summed E-state index contributed by atoms with van der Waals surface area (Å²) in [5, 5.41) is 6.83. The van der Waals surface area contributed by atoms with E-state index in [4.69, 9.17) is 9.47 Å². The van der Waals surface area contributed by atoms with Gasteiger partial charge in [-0.25, -0.2) is 0 Å². The first-order chi connectivity index (χ1) is 12.3. The third-order valence-electron chi connectivity index (χ3n) is 5.03. The molecule has 26 heavy (non-hydrogen) atoms. The van der Waals surface area contributed by atoms with Crippen LogP contribution >= 0.6 is 24.0 Å². The highest BCUT2D eigenvalue weighted by molar-refractivity contribution is 14.0. The molecule has 7 heteroatoms. The fourth-order valence-corrected chi connectivity index (χ4v) is 3.54. The fourth-order valence-electron chi connectivity index (χ4n) is 3.54. The van der Waals surface area contributed by atoms with Gasteiger partial charge in [0.25, 0.3) is 0 Å². The number of hydrogen-bond acceptors (Lipinski definition) is 4. The van der Waals surface area contributed by atoms with Crippen molar-refractivity contribution in [2.45, 2.75) is 51.6 Å². The first kappa shape index (κ1) is 23.9. The molecule has 0 aromatic rings. The van der Waals surface area contributed by atoms with Crippen molar-refractivity contribution in [2.75, 3.05) is 59.6 Å². The molecule has 2 aliphatic rings. The molecule has 1 heterocycles. The number of hydrogen-bond donors (Lipinski definition) is 2.